The molecule has 0 saturated carbocycles. The van der Waals surface area contributed by atoms with Crippen molar-refractivity contribution < 1.29 is 4.79 Å². The zero-order valence-corrected chi connectivity index (χ0v) is 12.3. The maximum Gasteiger partial charge on any atom is 0.261 e. The molecule has 1 fully saturated rings. The van der Waals surface area contributed by atoms with E-state index in [1.807, 2.05) is 0 Å². The monoisotopic (exact) mass is 278 g/mol. The van der Waals surface area contributed by atoms with E-state index in [9.17, 15) is 4.79 Å². The molecule has 1 aromatic rings. The number of thiophene rings is 1. The fraction of sp³-hybridized carbons (Fsp3) is 0.667. The van der Waals surface area contributed by atoms with Crippen molar-refractivity contribution in [1.82, 2.24) is 10.6 Å². The van der Waals surface area contributed by atoms with E-state index >= 15 is 0 Å². The van der Waals surface area contributed by atoms with Gasteiger partial charge in [0.05, 0.1) is 4.88 Å². The van der Waals surface area contributed by atoms with Crippen LogP contribution in [0.15, 0.2) is 6.07 Å². The van der Waals surface area contributed by atoms with E-state index in [0.29, 0.717) is 6.04 Å². The van der Waals surface area contributed by atoms with E-state index in [-0.39, 0.29) is 5.91 Å². The Morgan fingerprint density at radius 1 is 1.47 bits per heavy atom. The lowest BCUT2D eigenvalue weighted by molar-refractivity contribution is 0.0934. The van der Waals surface area contributed by atoms with Crippen molar-refractivity contribution in [2.75, 3.05) is 13.1 Å². The summed E-state index contributed by atoms with van der Waals surface area (Å²) in [5.41, 5.74) is 1.41. The Morgan fingerprint density at radius 2 is 2.37 bits per heavy atom. The van der Waals surface area contributed by atoms with Crippen molar-refractivity contribution in [2.45, 2.75) is 45.1 Å². The Morgan fingerprint density at radius 3 is 3.16 bits per heavy atom. The fourth-order valence-corrected chi connectivity index (χ4v) is 4.16. The molecule has 0 spiro atoms. The molecular formula is C15H22N2OS. The highest BCUT2D eigenvalue weighted by molar-refractivity contribution is 7.14. The van der Waals surface area contributed by atoms with Crippen molar-refractivity contribution in [3.8, 4) is 0 Å². The third-order valence-electron chi connectivity index (χ3n) is 4.19. The minimum absolute atomic E-state index is 0.126. The third-order valence-corrected chi connectivity index (χ3v) is 5.42. The van der Waals surface area contributed by atoms with Gasteiger partial charge in [-0.1, -0.05) is 6.92 Å². The highest BCUT2D eigenvalue weighted by atomic mass is 32.1. The molecule has 0 aromatic carbocycles. The Kier molecular flexibility index (Phi) is 3.89. The van der Waals surface area contributed by atoms with Gasteiger partial charge in [-0.15, -0.1) is 11.3 Å². The lowest BCUT2D eigenvalue weighted by Gasteiger charge is -2.23. The van der Waals surface area contributed by atoms with Crippen LogP contribution >= 0.6 is 11.3 Å². The average molecular weight is 278 g/mol. The molecule has 2 aliphatic rings. The maximum atomic E-state index is 12.3. The molecule has 1 aliphatic carbocycles. The molecule has 2 unspecified atom stereocenters. The summed E-state index contributed by atoms with van der Waals surface area (Å²) >= 11 is 1.70. The average Bonchev–Trinajstić information content (AvgIpc) is 2.83. The molecule has 1 aliphatic heterocycles. The van der Waals surface area contributed by atoms with Crippen LogP contribution in [0.4, 0.5) is 0 Å². The summed E-state index contributed by atoms with van der Waals surface area (Å²) in [6.07, 6.45) is 5.81. The van der Waals surface area contributed by atoms with Crippen molar-refractivity contribution in [3.63, 3.8) is 0 Å². The molecular weight excluding hydrogens is 256 g/mol. The maximum absolute atomic E-state index is 12.3. The van der Waals surface area contributed by atoms with Crippen LogP contribution in [-0.4, -0.2) is 25.0 Å². The van der Waals surface area contributed by atoms with Gasteiger partial charge in [-0.2, -0.15) is 0 Å². The summed E-state index contributed by atoms with van der Waals surface area (Å²) in [4.78, 5) is 14.6. The second-order valence-corrected chi connectivity index (χ2v) is 7.06. The Bertz CT molecular complexity index is 463. The van der Waals surface area contributed by atoms with Crippen LogP contribution < -0.4 is 10.6 Å². The van der Waals surface area contributed by atoms with Gasteiger partial charge < -0.3 is 10.6 Å². The van der Waals surface area contributed by atoms with Crippen LogP contribution in [0, 0.1) is 5.92 Å². The number of carbonyl (C=O) groups excluding carboxylic acids is 1. The first-order chi connectivity index (χ1) is 9.22. The lowest BCUT2D eigenvalue weighted by atomic mass is 9.90. The first-order valence-corrected chi connectivity index (χ1v) is 8.17. The summed E-state index contributed by atoms with van der Waals surface area (Å²) in [6.45, 7) is 4.29. The first kappa shape index (κ1) is 13.1. The molecule has 4 heteroatoms. The molecule has 104 valence electrons. The number of amides is 1. The Hall–Kier alpha value is -0.870. The Labute approximate surface area is 118 Å². The predicted octanol–water partition coefficient (Wildman–Crippen LogP) is 2.35. The van der Waals surface area contributed by atoms with Crippen LogP contribution in [-0.2, 0) is 12.8 Å². The van der Waals surface area contributed by atoms with E-state index in [1.165, 1.54) is 16.9 Å². The first-order valence-electron chi connectivity index (χ1n) is 7.35. The molecule has 1 saturated heterocycles. The topological polar surface area (TPSA) is 41.1 Å². The van der Waals surface area contributed by atoms with E-state index in [2.05, 4.69) is 23.6 Å². The minimum atomic E-state index is 0.126. The number of nitrogens with one attached hydrogen (secondary N) is 2. The van der Waals surface area contributed by atoms with Gasteiger partial charge in [-0.05, 0) is 56.2 Å². The zero-order chi connectivity index (χ0) is 13.2. The summed E-state index contributed by atoms with van der Waals surface area (Å²) in [5, 5.41) is 6.50. The zero-order valence-electron chi connectivity index (χ0n) is 11.5. The number of aryl methyl sites for hydroxylation is 1. The number of rotatable bonds is 2. The normalized spacial score (nSPS) is 26.8. The molecule has 1 amide bonds. The van der Waals surface area contributed by atoms with Gasteiger partial charge in [-0.3, -0.25) is 4.79 Å². The fourth-order valence-electron chi connectivity index (χ4n) is 3.05. The highest BCUT2D eigenvalue weighted by Crippen LogP contribution is 2.32. The molecule has 0 bridgehead atoms. The summed E-state index contributed by atoms with van der Waals surface area (Å²) < 4.78 is 0. The van der Waals surface area contributed by atoms with Crippen LogP contribution in [0.2, 0.25) is 0 Å². The number of fused-ring (bicyclic) bond motifs is 1. The highest BCUT2D eigenvalue weighted by Gasteiger charge is 2.22. The standard InChI is InChI=1S/C15H22N2OS/c1-10-4-5-13-11(7-10)8-14(19-13)15(18)17-12-3-2-6-16-9-12/h8,10,12,16H,2-7,9H2,1H3,(H,17,18). The summed E-state index contributed by atoms with van der Waals surface area (Å²) in [6, 6.07) is 2.43. The molecule has 3 rings (SSSR count). The largest absolute Gasteiger partial charge is 0.347 e. The smallest absolute Gasteiger partial charge is 0.261 e. The van der Waals surface area contributed by atoms with Crippen molar-refractivity contribution >= 4 is 17.2 Å². The van der Waals surface area contributed by atoms with Crippen molar-refractivity contribution in [3.05, 3.63) is 21.4 Å². The van der Waals surface area contributed by atoms with Crippen LogP contribution in [0.25, 0.3) is 0 Å². The van der Waals surface area contributed by atoms with E-state index in [4.69, 9.17) is 0 Å². The van der Waals surface area contributed by atoms with Gasteiger partial charge in [0.2, 0.25) is 0 Å². The predicted molar refractivity (Wildman–Crippen MR) is 78.9 cm³/mol. The van der Waals surface area contributed by atoms with E-state index < -0.39 is 0 Å². The van der Waals surface area contributed by atoms with Gasteiger partial charge in [-0.25, -0.2) is 0 Å². The minimum Gasteiger partial charge on any atom is -0.347 e. The molecule has 1 aromatic heterocycles. The number of hydrogen-bond donors (Lipinski definition) is 2. The molecule has 3 nitrogen and oxygen atoms in total. The van der Waals surface area contributed by atoms with Crippen LogP contribution in [0.5, 0.6) is 0 Å². The number of piperidine rings is 1. The molecule has 19 heavy (non-hydrogen) atoms. The van der Waals surface area contributed by atoms with Crippen LogP contribution in [0.3, 0.4) is 0 Å². The number of hydrogen-bond acceptors (Lipinski definition) is 3. The molecule has 2 atom stereocenters. The number of carbonyl (C=O) groups is 1. The lowest BCUT2D eigenvalue weighted by Crippen LogP contribution is -2.45. The van der Waals surface area contributed by atoms with Gasteiger partial charge in [0.25, 0.3) is 5.91 Å². The molecule has 2 heterocycles. The van der Waals surface area contributed by atoms with Gasteiger partial charge >= 0.3 is 0 Å². The second-order valence-electron chi connectivity index (χ2n) is 5.92. The van der Waals surface area contributed by atoms with E-state index in [1.54, 1.807) is 11.3 Å². The third kappa shape index (κ3) is 3.00. The quantitative estimate of drug-likeness (QED) is 0.872. The van der Waals surface area contributed by atoms with Gasteiger partial charge in [0, 0.05) is 17.5 Å². The van der Waals surface area contributed by atoms with E-state index in [0.717, 1.165) is 49.6 Å². The second kappa shape index (κ2) is 5.63. The van der Waals surface area contributed by atoms with Crippen molar-refractivity contribution in [1.29, 1.82) is 0 Å². The molecule has 0 radical (unpaired) electrons. The van der Waals surface area contributed by atoms with Gasteiger partial charge in [0.15, 0.2) is 0 Å². The summed E-state index contributed by atoms with van der Waals surface area (Å²) in [5.74, 6) is 0.890. The SMILES string of the molecule is CC1CCc2sc(C(=O)NC3CCCNC3)cc2C1. The molecule has 2 N–H and O–H groups in total. The van der Waals surface area contributed by atoms with Crippen molar-refractivity contribution in [2.24, 2.45) is 5.92 Å². The summed E-state index contributed by atoms with van der Waals surface area (Å²) in [7, 11) is 0. The van der Waals surface area contributed by atoms with Crippen LogP contribution in [0.1, 0.15) is 46.3 Å². The Balaban J connectivity index is 1.66. The van der Waals surface area contributed by atoms with Gasteiger partial charge in [0.1, 0.15) is 0 Å².